The number of allylic oxidation sites excluding steroid dienone is 1. The molecular formula is C27H34FN3O2. The topological polar surface area (TPSA) is 53.9 Å². The predicted molar refractivity (Wildman–Crippen MR) is 131 cm³/mol. The maximum atomic E-state index is 14.4. The first-order valence-electron chi connectivity index (χ1n) is 11.4. The summed E-state index contributed by atoms with van der Waals surface area (Å²) in [4.78, 5) is 14.8. The minimum absolute atomic E-state index is 0.243. The van der Waals surface area contributed by atoms with Gasteiger partial charge in [-0.3, -0.25) is 10.3 Å². The molecule has 0 bridgehead atoms. The summed E-state index contributed by atoms with van der Waals surface area (Å²) >= 11 is 0. The summed E-state index contributed by atoms with van der Waals surface area (Å²) in [6, 6.07) is 12.6. The van der Waals surface area contributed by atoms with Gasteiger partial charge >= 0.3 is 6.09 Å². The second kappa shape index (κ2) is 10.2. The smallest absolute Gasteiger partial charge is 0.411 e. The van der Waals surface area contributed by atoms with E-state index in [1.165, 1.54) is 6.07 Å². The number of hydrogen-bond donors (Lipinski definition) is 1. The van der Waals surface area contributed by atoms with Crippen LogP contribution >= 0.6 is 0 Å². The van der Waals surface area contributed by atoms with Crippen molar-refractivity contribution >= 4 is 12.3 Å². The molecule has 0 saturated carbocycles. The lowest BCUT2D eigenvalue weighted by Crippen LogP contribution is -2.44. The van der Waals surface area contributed by atoms with Crippen LogP contribution in [0.3, 0.4) is 0 Å². The Morgan fingerprint density at radius 1 is 1.24 bits per heavy atom. The van der Waals surface area contributed by atoms with Crippen LogP contribution in [-0.2, 0) is 11.3 Å². The molecule has 1 aliphatic heterocycles. The summed E-state index contributed by atoms with van der Waals surface area (Å²) in [5, 5.41) is 4.25. The van der Waals surface area contributed by atoms with Gasteiger partial charge in [-0.25, -0.2) is 9.18 Å². The second-order valence-corrected chi connectivity index (χ2v) is 9.72. The number of hydrazone groups is 1. The third-order valence-corrected chi connectivity index (χ3v) is 5.51. The first-order chi connectivity index (χ1) is 15.5. The van der Waals surface area contributed by atoms with E-state index in [0.717, 1.165) is 28.8 Å². The Hall–Kier alpha value is -3.15. The van der Waals surface area contributed by atoms with Crippen molar-refractivity contribution in [2.24, 2.45) is 11.0 Å². The Bertz CT molecular complexity index is 1040. The predicted octanol–water partition coefficient (Wildman–Crippen LogP) is 6.43. The fourth-order valence-corrected chi connectivity index (χ4v) is 3.67. The molecule has 0 fully saturated rings. The molecule has 1 amide bonds. The fraction of sp³-hybridized carbons (Fsp3) is 0.407. The lowest BCUT2D eigenvalue weighted by atomic mass is 10.0. The van der Waals surface area contributed by atoms with Gasteiger partial charge in [-0.2, -0.15) is 5.10 Å². The van der Waals surface area contributed by atoms with Crippen LogP contribution in [0.2, 0.25) is 0 Å². The molecule has 5 nitrogen and oxygen atoms in total. The maximum absolute atomic E-state index is 14.4. The minimum atomic E-state index is -0.613. The molecule has 1 aliphatic rings. The first-order valence-corrected chi connectivity index (χ1v) is 11.4. The fourth-order valence-electron chi connectivity index (χ4n) is 3.67. The van der Waals surface area contributed by atoms with Crippen molar-refractivity contribution in [1.29, 1.82) is 0 Å². The molecule has 176 valence electrons. The largest absolute Gasteiger partial charge is 0.444 e. The lowest BCUT2D eigenvalue weighted by Gasteiger charge is -2.33. The van der Waals surface area contributed by atoms with Crippen molar-refractivity contribution in [2.75, 3.05) is 0 Å². The van der Waals surface area contributed by atoms with E-state index in [1.54, 1.807) is 11.0 Å². The number of amides is 1. The van der Waals surface area contributed by atoms with Gasteiger partial charge in [0.15, 0.2) is 0 Å². The Morgan fingerprint density at radius 2 is 1.94 bits per heavy atom. The molecule has 2 atom stereocenters. The Kier molecular flexibility index (Phi) is 7.57. The third-order valence-electron chi connectivity index (χ3n) is 5.51. The highest BCUT2D eigenvalue weighted by molar-refractivity contribution is 5.69. The van der Waals surface area contributed by atoms with E-state index in [2.05, 4.69) is 23.5 Å². The van der Waals surface area contributed by atoms with Crippen molar-refractivity contribution in [3.8, 4) is 11.1 Å². The number of benzene rings is 2. The number of carbonyl (C=O) groups excluding carboxylic acids is 1. The second-order valence-electron chi connectivity index (χ2n) is 9.72. The van der Waals surface area contributed by atoms with Gasteiger partial charge in [-0.05, 0) is 69.7 Å². The van der Waals surface area contributed by atoms with Crippen LogP contribution in [0.5, 0.6) is 0 Å². The SMILES string of the molecule is Cc1ccc(-c2ccc(CN(C(=O)OC(C)(C)C)C(C)C3=CC(C)CC=NN3)cc2)c(F)c1. The zero-order chi connectivity index (χ0) is 24.2. The van der Waals surface area contributed by atoms with E-state index in [-0.39, 0.29) is 11.9 Å². The van der Waals surface area contributed by atoms with Crippen molar-refractivity contribution < 1.29 is 13.9 Å². The van der Waals surface area contributed by atoms with Gasteiger partial charge < -0.3 is 4.74 Å². The maximum Gasteiger partial charge on any atom is 0.411 e. The summed E-state index contributed by atoms with van der Waals surface area (Å²) < 4.78 is 20.1. The average molecular weight is 452 g/mol. The summed E-state index contributed by atoms with van der Waals surface area (Å²) in [5.41, 5.74) is 6.49. The standard InChI is InChI=1S/C27H34FN3O2/c1-18-7-12-23(24(28)15-18)22-10-8-21(9-11-22)17-31(26(32)33-27(4,5)6)20(3)25-16-19(2)13-14-29-30-25/h7-12,14-16,19-20,30H,13,17H2,1-6H3. The Labute approximate surface area is 196 Å². The number of carbonyl (C=O) groups is 1. The van der Waals surface area contributed by atoms with E-state index >= 15 is 0 Å². The highest BCUT2D eigenvalue weighted by atomic mass is 19.1. The molecule has 3 rings (SSSR count). The number of hydrogen-bond acceptors (Lipinski definition) is 4. The van der Waals surface area contributed by atoms with E-state index in [9.17, 15) is 9.18 Å². The van der Waals surface area contributed by atoms with Gasteiger partial charge in [0.2, 0.25) is 0 Å². The minimum Gasteiger partial charge on any atom is -0.444 e. The summed E-state index contributed by atoms with van der Waals surface area (Å²) in [6.07, 6.45) is 4.40. The summed E-state index contributed by atoms with van der Waals surface area (Å²) in [6.45, 7) is 11.9. The van der Waals surface area contributed by atoms with Gasteiger partial charge in [0, 0.05) is 18.3 Å². The molecule has 2 unspecified atom stereocenters. The van der Waals surface area contributed by atoms with Gasteiger partial charge in [0.1, 0.15) is 11.4 Å². The lowest BCUT2D eigenvalue weighted by molar-refractivity contribution is 0.0180. The summed E-state index contributed by atoms with van der Waals surface area (Å²) in [7, 11) is 0. The highest BCUT2D eigenvalue weighted by Crippen LogP contribution is 2.26. The Morgan fingerprint density at radius 3 is 2.58 bits per heavy atom. The number of ether oxygens (including phenoxy) is 1. The average Bonchev–Trinajstić information content (AvgIpc) is 2.95. The highest BCUT2D eigenvalue weighted by Gasteiger charge is 2.29. The van der Waals surface area contributed by atoms with Crippen LogP contribution in [0, 0.1) is 18.7 Å². The van der Waals surface area contributed by atoms with E-state index in [0.29, 0.717) is 18.0 Å². The van der Waals surface area contributed by atoms with Crippen LogP contribution in [0.15, 0.2) is 59.3 Å². The normalized spacial score (nSPS) is 16.9. The molecular weight excluding hydrogens is 417 g/mol. The Balaban J connectivity index is 1.86. The van der Waals surface area contributed by atoms with Crippen molar-refractivity contribution in [1.82, 2.24) is 10.3 Å². The van der Waals surface area contributed by atoms with Gasteiger partial charge in [-0.15, -0.1) is 0 Å². The monoisotopic (exact) mass is 451 g/mol. The number of rotatable bonds is 5. The molecule has 0 spiro atoms. The van der Waals surface area contributed by atoms with Crippen molar-refractivity contribution in [3.05, 3.63) is 71.2 Å². The molecule has 1 heterocycles. The number of aryl methyl sites for hydroxylation is 1. The molecule has 33 heavy (non-hydrogen) atoms. The molecule has 2 aromatic rings. The van der Waals surface area contributed by atoms with Crippen LogP contribution in [-0.4, -0.2) is 28.9 Å². The molecule has 0 saturated heterocycles. The van der Waals surface area contributed by atoms with E-state index in [4.69, 9.17) is 4.74 Å². The molecule has 0 aliphatic carbocycles. The van der Waals surface area contributed by atoms with E-state index < -0.39 is 11.7 Å². The van der Waals surface area contributed by atoms with Gasteiger partial charge in [-0.1, -0.05) is 49.4 Å². The zero-order valence-corrected chi connectivity index (χ0v) is 20.4. The van der Waals surface area contributed by atoms with Crippen LogP contribution < -0.4 is 5.43 Å². The van der Waals surface area contributed by atoms with Crippen LogP contribution in [0.1, 0.15) is 52.2 Å². The molecule has 0 aromatic heterocycles. The third kappa shape index (κ3) is 6.67. The zero-order valence-electron chi connectivity index (χ0n) is 20.4. The van der Waals surface area contributed by atoms with Crippen molar-refractivity contribution in [2.45, 2.75) is 66.2 Å². The molecule has 1 N–H and O–H groups in total. The van der Waals surface area contributed by atoms with Crippen LogP contribution in [0.4, 0.5) is 9.18 Å². The van der Waals surface area contributed by atoms with Gasteiger partial charge in [0.25, 0.3) is 0 Å². The van der Waals surface area contributed by atoms with E-state index in [1.807, 2.05) is 71.2 Å². The quantitative estimate of drug-likeness (QED) is 0.570. The number of nitrogens with zero attached hydrogens (tertiary/aromatic N) is 2. The van der Waals surface area contributed by atoms with Crippen LogP contribution in [0.25, 0.3) is 11.1 Å². The number of halogens is 1. The molecule has 2 aromatic carbocycles. The molecule has 6 heteroatoms. The molecule has 0 radical (unpaired) electrons. The number of nitrogens with one attached hydrogen (secondary N) is 1. The van der Waals surface area contributed by atoms with Gasteiger partial charge in [0.05, 0.1) is 11.7 Å². The first kappa shape index (κ1) is 24.5. The summed E-state index contributed by atoms with van der Waals surface area (Å²) in [5.74, 6) is 0.0678. The van der Waals surface area contributed by atoms with Crippen molar-refractivity contribution in [3.63, 3.8) is 0 Å².